The molecule has 1 atom stereocenters. The van der Waals surface area contributed by atoms with Crippen LogP contribution >= 0.6 is 0 Å². The molecule has 2 aromatic rings. The Labute approximate surface area is 123 Å². The van der Waals surface area contributed by atoms with Crippen molar-refractivity contribution in [3.63, 3.8) is 0 Å². The lowest BCUT2D eigenvalue weighted by atomic mass is 10.2. The number of nitrogens with two attached hydrogens (primary N) is 1. The maximum Gasteiger partial charge on any atom is 0.163 e. The van der Waals surface area contributed by atoms with Gasteiger partial charge in [-0.2, -0.15) is 0 Å². The Morgan fingerprint density at radius 2 is 2.10 bits per heavy atom. The predicted octanol–water partition coefficient (Wildman–Crippen LogP) is 1.65. The highest BCUT2D eigenvalue weighted by Gasteiger charge is 2.24. The number of hydrogen-bond donors (Lipinski definition) is 2. The molecular formula is C15H19N5O. The summed E-state index contributed by atoms with van der Waals surface area (Å²) in [6, 6.07) is 11.8. The molecule has 1 unspecified atom stereocenters. The molecule has 0 saturated carbocycles. The SMILES string of the molecule is COC1CCN(c2cc(NN)nc(-c3ccccc3)n2)C1. The topological polar surface area (TPSA) is 76.3 Å². The van der Waals surface area contributed by atoms with Crippen molar-refractivity contribution >= 4 is 11.6 Å². The van der Waals surface area contributed by atoms with Gasteiger partial charge in [0.25, 0.3) is 0 Å². The Morgan fingerprint density at radius 3 is 2.76 bits per heavy atom. The summed E-state index contributed by atoms with van der Waals surface area (Å²) in [6.07, 6.45) is 1.27. The first kappa shape index (κ1) is 13.8. The number of methoxy groups -OCH3 is 1. The van der Waals surface area contributed by atoms with Crippen molar-refractivity contribution in [2.45, 2.75) is 12.5 Å². The Morgan fingerprint density at radius 1 is 1.29 bits per heavy atom. The second-order valence-corrected chi connectivity index (χ2v) is 5.04. The third-order valence-electron chi connectivity index (χ3n) is 3.69. The molecule has 21 heavy (non-hydrogen) atoms. The molecule has 1 aliphatic rings. The summed E-state index contributed by atoms with van der Waals surface area (Å²) < 4.78 is 5.41. The van der Waals surface area contributed by atoms with Crippen LogP contribution in [0.15, 0.2) is 36.4 Å². The zero-order chi connectivity index (χ0) is 14.7. The molecule has 3 N–H and O–H groups in total. The molecule has 1 saturated heterocycles. The van der Waals surface area contributed by atoms with E-state index >= 15 is 0 Å². The molecule has 0 amide bonds. The van der Waals surface area contributed by atoms with E-state index in [0.717, 1.165) is 30.9 Å². The summed E-state index contributed by atoms with van der Waals surface area (Å²) >= 11 is 0. The van der Waals surface area contributed by atoms with Crippen LogP contribution < -0.4 is 16.2 Å². The zero-order valence-corrected chi connectivity index (χ0v) is 12.0. The fourth-order valence-corrected chi connectivity index (χ4v) is 2.52. The van der Waals surface area contributed by atoms with Gasteiger partial charge in [-0.3, -0.25) is 0 Å². The average molecular weight is 285 g/mol. The molecule has 0 bridgehead atoms. The van der Waals surface area contributed by atoms with E-state index in [9.17, 15) is 0 Å². The summed E-state index contributed by atoms with van der Waals surface area (Å²) in [5.41, 5.74) is 3.59. The Balaban J connectivity index is 1.94. The molecule has 6 nitrogen and oxygen atoms in total. The number of benzene rings is 1. The van der Waals surface area contributed by atoms with Crippen LogP contribution in [0.3, 0.4) is 0 Å². The molecule has 3 rings (SSSR count). The number of nitrogens with one attached hydrogen (secondary N) is 1. The molecule has 1 aromatic carbocycles. The molecular weight excluding hydrogens is 266 g/mol. The van der Waals surface area contributed by atoms with E-state index in [1.165, 1.54) is 0 Å². The van der Waals surface area contributed by atoms with Crippen LogP contribution in [0, 0.1) is 0 Å². The third-order valence-corrected chi connectivity index (χ3v) is 3.69. The van der Waals surface area contributed by atoms with Crippen molar-refractivity contribution < 1.29 is 4.74 Å². The first-order chi connectivity index (χ1) is 10.3. The summed E-state index contributed by atoms with van der Waals surface area (Å²) in [4.78, 5) is 11.3. The molecule has 0 spiro atoms. The lowest BCUT2D eigenvalue weighted by Gasteiger charge is -2.18. The molecule has 1 fully saturated rings. The van der Waals surface area contributed by atoms with Crippen LogP contribution in [0.5, 0.6) is 0 Å². The number of ether oxygens (including phenoxy) is 1. The lowest BCUT2D eigenvalue weighted by molar-refractivity contribution is 0.121. The van der Waals surface area contributed by atoms with E-state index in [1.54, 1.807) is 7.11 Å². The Kier molecular flexibility index (Phi) is 3.98. The molecule has 6 heteroatoms. The fourth-order valence-electron chi connectivity index (χ4n) is 2.52. The van der Waals surface area contributed by atoms with Gasteiger partial charge in [0.15, 0.2) is 5.82 Å². The van der Waals surface area contributed by atoms with Crippen LogP contribution in [0.1, 0.15) is 6.42 Å². The van der Waals surface area contributed by atoms with E-state index in [4.69, 9.17) is 10.6 Å². The fraction of sp³-hybridized carbons (Fsp3) is 0.333. The maximum absolute atomic E-state index is 5.53. The summed E-state index contributed by atoms with van der Waals surface area (Å²) in [6.45, 7) is 1.76. The number of rotatable bonds is 4. The first-order valence-corrected chi connectivity index (χ1v) is 6.99. The number of aromatic nitrogens is 2. The summed E-state index contributed by atoms with van der Waals surface area (Å²) in [7, 11) is 1.75. The minimum absolute atomic E-state index is 0.259. The van der Waals surface area contributed by atoms with Crippen molar-refractivity contribution in [2.24, 2.45) is 5.84 Å². The molecule has 0 radical (unpaired) electrons. The normalized spacial score (nSPS) is 18.0. The van der Waals surface area contributed by atoms with Gasteiger partial charge in [-0.1, -0.05) is 30.3 Å². The average Bonchev–Trinajstić information content (AvgIpc) is 3.04. The van der Waals surface area contributed by atoms with Gasteiger partial charge >= 0.3 is 0 Å². The van der Waals surface area contributed by atoms with Crippen molar-refractivity contribution in [2.75, 3.05) is 30.5 Å². The van der Waals surface area contributed by atoms with Gasteiger partial charge in [0.1, 0.15) is 11.6 Å². The summed E-state index contributed by atoms with van der Waals surface area (Å²) in [5, 5.41) is 0. The molecule has 1 aliphatic heterocycles. The predicted molar refractivity (Wildman–Crippen MR) is 82.9 cm³/mol. The number of nitrogens with zero attached hydrogens (tertiary/aromatic N) is 3. The summed E-state index contributed by atoms with van der Waals surface area (Å²) in [5.74, 6) is 7.69. The van der Waals surface area contributed by atoms with E-state index in [1.807, 2.05) is 36.4 Å². The highest BCUT2D eigenvalue weighted by molar-refractivity contribution is 5.61. The third kappa shape index (κ3) is 2.96. The molecule has 110 valence electrons. The maximum atomic E-state index is 5.53. The number of anilines is 2. The van der Waals surface area contributed by atoms with E-state index in [-0.39, 0.29) is 6.10 Å². The zero-order valence-electron chi connectivity index (χ0n) is 12.0. The quantitative estimate of drug-likeness (QED) is 0.657. The van der Waals surface area contributed by atoms with Gasteiger partial charge in [0.05, 0.1) is 6.10 Å². The van der Waals surface area contributed by atoms with Gasteiger partial charge in [-0.15, -0.1) is 0 Å². The standard InChI is InChI=1S/C15H19N5O/c1-21-12-7-8-20(10-12)14-9-13(19-16)17-15(18-14)11-5-3-2-4-6-11/h2-6,9,12H,7-8,10,16H2,1H3,(H,17,18,19). The van der Waals surface area contributed by atoms with Crippen LogP contribution in [0.25, 0.3) is 11.4 Å². The second kappa shape index (κ2) is 6.07. The monoisotopic (exact) mass is 285 g/mol. The van der Waals surface area contributed by atoms with Crippen LogP contribution in [-0.2, 0) is 4.74 Å². The largest absolute Gasteiger partial charge is 0.380 e. The smallest absolute Gasteiger partial charge is 0.163 e. The van der Waals surface area contributed by atoms with Crippen LogP contribution in [0.4, 0.5) is 11.6 Å². The van der Waals surface area contributed by atoms with Crippen molar-refractivity contribution in [1.82, 2.24) is 9.97 Å². The number of hydrazine groups is 1. The van der Waals surface area contributed by atoms with Crippen LogP contribution in [-0.4, -0.2) is 36.3 Å². The Bertz CT molecular complexity index is 604. The molecule has 2 heterocycles. The van der Waals surface area contributed by atoms with Gasteiger partial charge in [-0.05, 0) is 6.42 Å². The Hall–Kier alpha value is -2.18. The van der Waals surface area contributed by atoms with Gasteiger partial charge in [0.2, 0.25) is 0 Å². The molecule has 0 aliphatic carbocycles. The van der Waals surface area contributed by atoms with E-state index in [2.05, 4.69) is 20.3 Å². The van der Waals surface area contributed by atoms with E-state index in [0.29, 0.717) is 11.6 Å². The number of hydrogen-bond acceptors (Lipinski definition) is 6. The van der Waals surface area contributed by atoms with Gasteiger partial charge in [-0.25, -0.2) is 15.8 Å². The second-order valence-electron chi connectivity index (χ2n) is 5.04. The van der Waals surface area contributed by atoms with Crippen LogP contribution in [0.2, 0.25) is 0 Å². The van der Waals surface area contributed by atoms with Gasteiger partial charge in [0, 0.05) is 31.8 Å². The minimum atomic E-state index is 0.259. The van der Waals surface area contributed by atoms with Crippen molar-refractivity contribution in [3.8, 4) is 11.4 Å². The highest BCUT2D eigenvalue weighted by atomic mass is 16.5. The lowest BCUT2D eigenvalue weighted by Crippen LogP contribution is -2.24. The highest BCUT2D eigenvalue weighted by Crippen LogP contribution is 2.25. The molecule has 1 aromatic heterocycles. The van der Waals surface area contributed by atoms with Crippen molar-refractivity contribution in [1.29, 1.82) is 0 Å². The van der Waals surface area contributed by atoms with E-state index < -0.39 is 0 Å². The van der Waals surface area contributed by atoms with Crippen molar-refractivity contribution in [3.05, 3.63) is 36.4 Å². The number of nitrogen functional groups attached to an aromatic ring is 1. The minimum Gasteiger partial charge on any atom is -0.380 e. The first-order valence-electron chi connectivity index (χ1n) is 6.99. The van der Waals surface area contributed by atoms with Gasteiger partial charge < -0.3 is 15.1 Å².